The minimum atomic E-state index is -1.02. The molecule has 0 radical (unpaired) electrons. The fourth-order valence-corrected chi connectivity index (χ4v) is 1.22. The molecule has 0 spiro atoms. The van der Waals surface area contributed by atoms with E-state index >= 15 is 0 Å². The molecule has 0 aliphatic heterocycles. The molecule has 0 aliphatic carbocycles. The van der Waals surface area contributed by atoms with Crippen molar-refractivity contribution in [3.63, 3.8) is 0 Å². The van der Waals surface area contributed by atoms with Gasteiger partial charge in [0.05, 0.1) is 6.10 Å². The fourth-order valence-electron chi connectivity index (χ4n) is 1.22. The first kappa shape index (κ1) is 11.1. The lowest BCUT2D eigenvalue weighted by molar-refractivity contribution is 0.143. The number of benzene rings is 1. The molecule has 0 aliphatic rings. The van der Waals surface area contributed by atoms with Crippen molar-refractivity contribution in [3.8, 4) is 0 Å². The summed E-state index contributed by atoms with van der Waals surface area (Å²) < 4.78 is 25.5. The highest BCUT2D eigenvalue weighted by molar-refractivity contribution is 5.21. The molecule has 1 aromatic rings. The second-order valence-electron chi connectivity index (χ2n) is 3.22. The second kappa shape index (κ2) is 4.48. The lowest BCUT2D eigenvalue weighted by Gasteiger charge is -2.17. The van der Waals surface area contributed by atoms with Crippen LogP contribution in [0.3, 0.4) is 0 Å². The summed E-state index contributed by atoms with van der Waals surface area (Å²) in [6.45, 7) is 1.80. The van der Waals surface area contributed by atoms with E-state index in [1.54, 1.807) is 6.92 Å². The molecule has 0 aromatic heterocycles. The van der Waals surface area contributed by atoms with Crippen LogP contribution in [0.1, 0.15) is 25.0 Å². The number of nitrogens with two attached hydrogens (primary N) is 1. The number of halogens is 2. The van der Waals surface area contributed by atoms with Crippen LogP contribution in [-0.4, -0.2) is 11.1 Å². The molecule has 78 valence electrons. The van der Waals surface area contributed by atoms with Crippen molar-refractivity contribution in [1.29, 1.82) is 0 Å². The highest BCUT2D eigenvalue weighted by Crippen LogP contribution is 2.19. The Labute approximate surface area is 81.4 Å². The van der Waals surface area contributed by atoms with Gasteiger partial charge in [-0.25, -0.2) is 8.78 Å². The minimum Gasteiger partial charge on any atom is -0.387 e. The molecule has 0 unspecified atom stereocenters. The van der Waals surface area contributed by atoms with E-state index in [9.17, 15) is 13.9 Å². The van der Waals surface area contributed by atoms with Crippen LogP contribution in [-0.2, 0) is 0 Å². The smallest absolute Gasteiger partial charge is 0.126 e. The highest BCUT2D eigenvalue weighted by Gasteiger charge is 2.16. The van der Waals surface area contributed by atoms with Gasteiger partial charge < -0.3 is 10.8 Å². The zero-order valence-electron chi connectivity index (χ0n) is 7.87. The second-order valence-corrected chi connectivity index (χ2v) is 3.22. The summed E-state index contributed by atoms with van der Waals surface area (Å²) in [5, 5.41) is 9.58. The number of hydrogen-bond acceptors (Lipinski definition) is 2. The minimum absolute atomic E-state index is 0.178. The molecule has 3 N–H and O–H groups in total. The molecule has 0 saturated carbocycles. The van der Waals surface area contributed by atoms with E-state index in [1.807, 2.05) is 0 Å². The van der Waals surface area contributed by atoms with Crippen molar-refractivity contribution in [2.45, 2.75) is 25.5 Å². The van der Waals surface area contributed by atoms with Gasteiger partial charge in [-0.05, 0) is 24.1 Å². The molecule has 0 fully saturated rings. The molecular formula is C10H13F2NO. The number of rotatable bonds is 3. The predicted octanol–water partition coefficient (Wildman–Crippen LogP) is 1.74. The third kappa shape index (κ3) is 2.49. The maximum Gasteiger partial charge on any atom is 0.126 e. The number of aliphatic hydroxyl groups is 1. The Balaban J connectivity index is 2.94. The first-order valence-electron chi connectivity index (χ1n) is 4.44. The Morgan fingerprint density at radius 3 is 2.21 bits per heavy atom. The van der Waals surface area contributed by atoms with Crippen molar-refractivity contribution in [1.82, 2.24) is 0 Å². The molecule has 14 heavy (non-hydrogen) atoms. The number of aliphatic hydroxyl groups excluding tert-OH is 1. The fraction of sp³-hybridized carbons (Fsp3) is 0.400. The number of hydrogen-bond donors (Lipinski definition) is 2. The molecule has 0 saturated heterocycles. The lowest BCUT2D eigenvalue weighted by atomic mass is 10.0. The summed E-state index contributed by atoms with van der Waals surface area (Å²) in [5.74, 6) is -1.41. The van der Waals surface area contributed by atoms with Crippen molar-refractivity contribution < 1.29 is 13.9 Å². The van der Waals surface area contributed by atoms with E-state index in [2.05, 4.69) is 0 Å². The van der Waals surface area contributed by atoms with Crippen LogP contribution in [0.15, 0.2) is 18.2 Å². The van der Waals surface area contributed by atoms with Gasteiger partial charge in [0, 0.05) is 12.1 Å². The molecule has 0 amide bonds. The van der Waals surface area contributed by atoms with E-state index < -0.39 is 23.8 Å². The zero-order valence-corrected chi connectivity index (χ0v) is 7.87. The quantitative estimate of drug-likeness (QED) is 0.782. The van der Waals surface area contributed by atoms with Crippen molar-refractivity contribution >= 4 is 0 Å². The first-order valence-corrected chi connectivity index (χ1v) is 4.44. The van der Waals surface area contributed by atoms with Crippen molar-refractivity contribution in [2.24, 2.45) is 5.73 Å². The largest absolute Gasteiger partial charge is 0.387 e. The van der Waals surface area contributed by atoms with E-state index in [-0.39, 0.29) is 5.56 Å². The van der Waals surface area contributed by atoms with Crippen LogP contribution in [0.5, 0.6) is 0 Å². The molecule has 1 aromatic carbocycles. The Bertz CT molecular complexity index is 297. The van der Waals surface area contributed by atoms with Gasteiger partial charge in [0.2, 0.25) is 0 Å². The zero-order chi connectivity index (χ0) is 10.7. The standard InChI is InChI=1S/C10H13F2NO/c1-2-9(13)10(14)6-3-7(11)5-8(12)4-6/h3-5,9-10,14H,2,13H2,1H3/t9-,10+/m1/s1. The van der Waals surface area contributed by atoms with Crippen molar-refractivity contribution in [3.05, 3.63) is 35.4 Å². The maximum absolute atomic E-state index is 12.8. The third-order valence-corrected chi connectivity index (χ3v) is 2.10. The van der Waals surface area contributed by atoms with E-state index in [0.29, 0.717) is 6.42 Å². The normalized spacial score (nSPS) is 15.2. The molecular weight excluding hydrogens is 188 g/mol. The monoisotopic (exact) mass is 201 g/mol. The van der Waals surface area contributed by atoms with Crippen LogP contribution in [0.25, 0.3) is 0 Å². The van der Waals surface area contributed by atoms with E-state index in [0.717, 1.165) is 18.2 Å². The Hall–Kier alpha value is -1.00. The van der Waals surface area contributed by atoms with Crippen molar-refractivity contribution in [2.75, 3.05) is 0 Å². The highest BCUT2D eigenvalue weighted by atomic mass is 19.1. The summed E-state index contributed by atoms with van der Waals surface area (Å²) >= 11 is 0. The summed E-state index contributed by atoms with van der Waals surface area (Å²) in [6.07, 6.45) is -0.482. The SMILES string of the molecule is CC[C@@H](N)[C@@H](O)c1cc(F)cc(F)c1. The van der Waals surface area contributed by atoms with Gasteiger partial charge in [-0.15, -0.1) is 0 Å². The molecule has 4 heteroatoms. The van der Waals surface area contributed by atoms with Gasteiger partial charge in [-0.2, -0.15) is 0 Å². The molecule has 2 nitrogen and oxygen atoms in total. The van der Waals surface area contributed by atoms with Gasteiger partial charge in [-0.1, -0.05) is 6.92 Å². The Morgan fingerprint density at radius 1 is 1.29 bits per heavy atom. The molecule has 0 bridgehead atoms. The van der Waals surface area contributed by atoms with Gasteiger partial charge in [0.25, 0.3) is 0 Å². The van der Waals surface area contributed by atoms with Gasteiger partial charge in [0.15, 0.2) is 0 Å². The van der Waals surface area contributed by atoms with Crippen LogP contribution < -0.4 is 5.73 Å². The van der Waals surface area contributed by atoms with Crippen LogP contribution in [0.4, 0.5) is 8.78 Å². The van der Waals surface area contributed by atoms with Crippen LogP contribution in [0, 0.1) is 11.6 Å². The van der Waals surface area contributed by atoms with Crippen LogP contribution >= 0.6 is 0 Å². The van der Waals surface area contributed by atoms with Gasteiger partial charge in [-0.3, -0.25) is 0 Å². The summed E-state index contributed by atoms with van der Waals surface area (Å²) in [7, 11) is 0. The predicted molar refractivity (Wildman–Crippen MR) is 49.6 cm³/mol. The Morgan fingerprint density at radius 2 is 1.79 bits per heavy atom. The summed E-state index contributed by atoms with van der Waals surface area (Å²) in [4.78, 5) is 0. The molecule has 2 atom stereocenters. The Kier molecular flexibility index (Phi) is 3.55. The average Bonchev–Trinajstić information content (AvgIpc) is 2.14. The van der Waals surface area contributed by atoms with E-state index in [4.69, 9.17) is 5.73 Å². The topological polar surface area (TPSA) is 46.2 Å². The summed E-state index contributed by atoms with van der Waals surface area (Å²) in [6, 6.07) is 2.43. The van der Waals surface area contributed by atoms with Gasteiger partial charge >= 0.3 is 0 Å². The molecule has 1 rings (SSSR count). The van der Waals surface area contributed by atoms with Crippen LogP contribution in [0.2, 0.25) is 0 Å². The molecule has 0 heterocycles. The maximum atomic E-state index is 12.8. The third-order valence-electron chi connectivity index (χ3n) is 2.10. The van der Waals surface area contributed by atoms with Gasteiger partial charge in [0.1, 0.15) is 11.6 Å². The van der Waals surface area contributed by atoms with E-state index in [1.165, 1.54) is 0 Å². The summed E-state index contributed by atoms with van der Waals surface area (Å²) in [5.41, 5.74) is 5.73. The lowest BCUT2D eigenvalue weighted by Crippen LogP contribution is -2.27. The average molecular weight is 201 g/mol. The first-order chi connectivity index (χ1) is 6.54.